The van der Waals surface area contributed by atoms with Crippen LogP contribution in [0.5, 0.6) is 5.88 Å². The standard InChI is InChI=1S/C15H21Cl2N3O4S/c1-10(2)14(15(17)21)19-25(22,23)20-7-5-12(6-8-20)24-13-4-3-11(16)9-18-13/h3-4,9-10,12,14,19H,5-8H2,1-2H3/t14-/m1/s1. The van der Waals surface area contributed by atoms with Gasteiger partial charge in [0.2, 0.25) is 11.1 Å². The Hall–Kier alpha value is -0.930. The van der Waals surface area contributed by atoms with E-state index in [0.717, 1.165) is 0 Å². The van der Waals surface area contributed by atoms with Crippen LogP contribution in [0.4, 0.5) is 0 Å². The van der Waals surface area contributed by atoms with Crippen LogP contribution < -0.4 is 9.46 Å². The molecule has 1 saturated heterocycles. The van der Waals surface area contributed by atoms with Gasteiger partial charge in [0.05, 0.1) is 11.1 Å². The van der Waals surface area contributed by atoms with Crippen LogP contribution in [-0.2, 0) is 15.0 Å². The average Bonchev–Trinajstić information content (AvgIpc) is 2.55. The molecular formula is C15H21Cl2N3O4S. The predicted octanol–water partition coefficient (Wildman–Crippen LogP) is 2.20. The molecule has 1 aromatic heterocycles. The summed E-state index contributed by atoms with van der Waals surface area (Å²) < 4.78 is 34.3. The van der Waals surface area contributed by atoms with Gasteiger partial charge in [0.1, 0.15) is 6.10 Å². The monoisotopic (exact) mass is 409 g/mol. The van der Waals surface area contributed by atoms with Gasteiger partial charge in [-0.2, -0.15) is 17.4 Å². The molecule has 0 aliphatic carbocycles. The van der Waals surface area contributed by atoms with Crippen molar-refractivity contribution in [3.63, 3.8) is 0 Å². The minimum atomic E-state index is -3.79. The number of aromatic nitrogens is 1. The van der Waals surface area contributed by atoms with E-state index in [0.29, 0.717) is 23.7 Å². The minimum absolute atomic E-state index is 0.129. The van der Waals surface area contributed by atoms with Crippen LogP contribution >= 0.6 is 23.2 Å². The second kappa shape index (κ2) is 8.64. The Morgan fingerprint density at radius 2 is 2.00 bits per heavy atom. The van der Waals surface area contributed by atoms with E-state index in [1.807, 2.05) is 0 Å². The highest BCUT2D eigenvalue weighted by Gasteiger charge is 2.33. The molecule has 0 spiro atoms. The zero-order valence-electron chi connectivity index (χ0n) is 14.0. The molecule has 25 heavy (non-hydrogen) atoms. The highest BCUT2D eigenvalue weighted by Crippen LogP contribution is 2.20. The Morgan fingerprint density at radius 3 is 2.48 bits per heavy atom. The summed E-state index contributed by atoms with van der Waals surface area (Å²) in [6.45, 7) is 4.03. The van der Waals surface area contributed by atoms with Crippen LogP contribution in [0.15, 0.2) is 18.3 Å². The third-order valence-electron chi connectivity index (χ3n) is 3.92. The fraction of sp³-hybridized carbons (Fsp3) is 0.600. The Morgan fingerprint density at radius 1 is 1.36 bits per heavy atom. The van der Waals surface area contributed by atoms with Gasteiger partial charge >= 0.3 is 0 Å². The molecule has 2 heterocycles. The number of carbonyl (C=O) groups is 1. The first kappa shape index (κ1) is 20.4. The summed E-state index contributed by atoms with van der Waals surface area (Å²) >= 11 is 11.3. The molecule has 0 unspecified atom stereocenters. The number of hydrogen-bond acceptors (Lipinski definition) is 5. The lowest BCUT2D eigenvalue weighted by molar-refractivity contribution is -0.114. The lowest BCUT2D eigenvalue weighted by Gasteiger charge is -2.32. The zero-order chi connectivity index (χ0) is 18.6. The van der Waals surface area contributed by atoms with Crippen LogP contribution in [0.2, 0.25) is 5.02 Å². The van der Waals surface area contributed by atoms with Gasteiger partial charge in [-0.05, 0) is 36.4 Å². The Kier molecular flexibility index (Phi) is 7.04. The fourth-order valence-electron chi connectivity index (χ4n) is 2.47. The number of hydrogen-bond donors (Lipinski definition) is 1. The van der Waals surface area contributed by atoms with Gasteiger partial charge in [-0.15, -0.1) is 0 Å². The highest BCUT2D eigenvalue weighted by atomic mass is 35.5. The Labute approximate surface area is 157 Å². The van der Waals surface area contributed by atoms with E-state index in [4.69, 9.17) is 27.9 Å². The van der Waals surface area contributed by atoms with E-state index in [2.05, 4.69) is 9.71 Å². The van der Waals surface area contributed by atoms with Gasteiger partial charge in [-0.3, -0.25) is 4.79 Å². The topological polar surface area (TPSA) is 88.6 Å². The number of carbonyl (C=O) groups excluding carboxylic acids is 1. The lowest BCUT2D eigenvalue weighted by atomic mass is 10.1. The summed E-state index contributed by atoms with van der Waals surface area (Å²) in [6.07, 6.45) is 2.41. The van der Waals surface area contributed by atoms with Gasteiger partial charge in [0.25, 0.3) is 10.2 Å². The van der Waals surface area contributed by atoms with Crippen molar-refractivity contribution >= 4 is 38.7 Å². The molecule has 0 saturated carbocycles. The first-order chi connectivity index (χ1) is 11.7. The Bertz CT molecular complexity index is 689. The molecule has 1 N–H and O–H groups in total. The van der Waals surface area contributed by atoms with Crippen molar-refractivity contribution in [3.05, 3.63) is 23.4 Å². The molecule has 0 aromatic carbocycles. The number of pyridine rings is 1. The summed E-state index contributed by atoms with van der Waals surface area (Å²) in [5.41, 5.74) is 0. The summed E-state index contributed by atoms with van der Waals surface area (Å²) in [7, 11) is -3.79. The molecule has 0 radical (unpaired) electrons. The van der Waals surface area contributed by atoms with Crippen molar-refractivity contribution in [3.8, 4) is 5.88 Å². The second-order valence-electron chi connectivity index (χ2n) is 6.18. The molecule has 1 aliphatic rings. The molecule has 10 heteroatoms. The summed E-state index contributed by atoms with van der Waals surface area (Å²) in [4.78, 5) is 15.5. The van der Waals surface area contributed by atoms with E-state index < -0.39 is 21.5 Å². The van der Waals surface area contributed by atoms with Crippen molar-refractivity contribution in [2.75, 3.05) is 13.1 Å². The van der Waals surface area contributed by atoms with Crippen LogP contribution in [-0.4, -0.2) is 48.2 Å². The van der Waals surface area contributed by atoms with Gasteiger partial charge < -0.3 is 4.74 Å². The quantitative estimate of drug-likeness (QED) is 0.697. The van der Waals surface area contributed by atoms with E-state index in [1.54, 1.807) is 26.0 Å². The lowest BCUT2D eigenvalue weighted by Crippen LogP contribution is -2.52. The van der Waals surface area contributed by atoms with Crippen LogP contribution in [0.3, 0.4) is 0 Å². The molecule has 1 aromatic rings. The number of nitrogens with zero attached hydrogens (tertiary/aromatic N) is 2. The van der Waals surface area contributed by atoms with Crippen molar-refractivity contribution in [2.45, 2.75) is 38.8 Å². The molecule has 1 fully saturated rings. The number of piperidine rings is 1. The summed E-state index contributed by atoms with van der Waals surface area (Å²) in [5.74, 6) is 0.216. The van der Waals surface area contributed by atoms with Gasteiger partial charge in [-0.1, -0.05) is 25.4 Å². The van der Waals surface area contributed by atoms with Crippen molar-refractivity contribution in [1.29, 1.82) is 0 Å². The molecule has 0 bridgehead atoms. The molecule has 1 aliphatic heterocycles. The predicted molar refractivity (Wildman–Crippen MR) is 96.0 cm³/mol. The summed E-state index contributed by atoms with van der Waals surface area (Å²) in [5, 5.41) is -0.196. The maximum Gasteiger partial charge on any atom is 0.280 e. The summed E-state index contributed by atoms with van der Waals surface area (Å²) in [6, 6.07) is 2.41. The molecule has 140 valence electrons. The SMILES string of the molecule is CC(C)[C@@H](NS(=O)(=O)N1CCC(Oc2ccc(Cl)cn2)CC1)C(=O)Cl. The molecular weight excluding hydrogens is 389 g/mol. The highest BCUT2D eigenvalue weighted by molar-refractivity contribution is 7.87. The molecule has 2 rings (SSSR count). The van der Waals surface area contributed by atoms with Crippen molar-refractivity contribution in [2.24, 2.45) is 5.92 Å². The van der Waals surface area contributed by atoms with Gasteiger partial charge in [0.15, 0.2) is 0 Å². The number of nitrogens with one attached hydrogen (secondary N) is 1. The fourth-order valence-corrected chi connectivity index (χ4v) is 4.50. The van der Waals surface area contributed by atoms with Gasteiger partial charge in [0, 0.05) is 25.4 Å². The maximum absolute atomic E-state index is 12.4. The van der Waals surface area contributed by atoms with Crippen LogP contribution in [0, 0.1) is 5.92 Å². The average molecular weight is 410 g/mol. The smallest absolute Gasteiger partial charge is 0.280 e. The Balaban J connectivity index is 1.91. The van der Waals surface area contributed by atoms with Gasteiger partial charge in [-0.25, -0.2) is 4.98 Å². The minimum Gasteiger partial charge on any atom is -0.474 e. The zero-order valence-corrected chi connectivity index (χ0v) is 16.3. The molecule has 7 nitrogen and oxygen atoms in total. The van der Waals surface area contributed by atoms with Crippen molar-refractivity contribution < 1.29 is 17.9 Å². The molecule has 0 amide bonds. The largest absolute Gasteiger partial charge is 0.474 e. The maximum atomic E-state index is 12.4. The third kappa shape index (κ3) is 5.79. The number of rotatable bonds is 7. The van der Waals surface area contributed by atoms with Crippen LogP contribution in [0.25, 0.3) is 0 Å². The first-order valence-corrected chi connectivity index (χ1v) is 10.1. The van der Waals surface area contributed by atoms with E-state index >= 15 is 0 Å². The van der Waals surface area contributed by atoms with Crippen LogP contribution in [0.1, 0.15) is 26.7 Å². The third-order valence-corrected chi connectivity index (χ3v) is 5.97. The number of ether oxygens (including phenoxy) is 1. The van der Waals surface area contributed by atoms with E-state index in [9.17, 15) is 13.2 Å². The van der Waals surface area contributed by atoms with E-state index in [1.165, 1.54) is 10.5 Å². The van der Waals surface area contributed by atoms with Crippen molar-refractivity contribution in [1.82, 2.24) is 14.0 Å². The van der Waals surface area contributed by atoms with E-state index in [-0.39, 0.29) is 25.1 Å². The number of halogens is 2. The molecule has 1 atom stereocenters. The first-order valence-electron chi connectivity index (χ1n) is 7.94. The normalized spacial score (nSPS) is 18.3. The second-order valence-corrected chi connectivity index (χ2v) is 8.69.